The third-order valence-corrected chi connectivity index (χ3v) is 9.23. The van der Waals surface area contributed by atoms with Crippen LogP contribution in [0.4, 0.5) is 0 Å². The molecule has 4 aromatic carbocycles. The molecule has 0 bridgehead atoms. The fourth-order valence-electron chi connectivity index (χ4n) is 5.03. The van der Waals surface area contributed by atoms with Crippen LogP contribution in [0.25, 0.3) is 0 Å². The highest BCUT2D eigenvalue weighted by Gasteiger charge is 2.21. The van der Waals surface area contributed by atoms with Gasteiger partial charge in [0.1, 0.15) is 5.75 Å². The second kappa shape index (κ2) is 15.3. The second-order valence-corrected chi connectivity index (χ2v) is 13.1. The minimum atomic E-state index is -3.78. The van der Waals surface area contributed by atoms with E-state index in [2.05, 4.69) is 17.0 Å². The van der Waals surface area contributed by atoms with Gasteiger partial charge in [0, 0.05) is 24.7 Å². The summed E-state index contributed by atoms with van der Waals surface area (Å²) in [7, 11) is -3.78. The Bertz CT molecular complexity index is 1640. The van der Waals surface area contributed by atoms with Crippen LogP contribution in [0.15, 0.2) is 101 Å². The SMILES string of the molecule is CCOC(=O)COc1c(C)cc(S(=O)(=O)c2ccc(CCN(Cc3ccccc3)C[C@H](O)c3cccc(Cl)c3)cc2)cc1C. The van der Waals surface area contributed by atoms with Gasteiger partial charge >= 0.3 is 5.97 Å². The molecule has 0 saturated carbocycles. The number of esters is 1. The van der Waals surface area contributed by atoms with Crippen molar-refractivity contribution in [1.82, 2.24) is 4.90 Å². The standard InChI is InChI=1S/C35H38ClNO6S/c1-4-42-34(39)24-43-35-25(2)19-32(20-26(35)3)44(40,41)31-15-13-27(14-16-31)17-18-37(22-28-9-6-5-7-10-28)23-33(38)29-11-8-12-30(36)21-29/h5-16,19-21,33,38H,4,17-18,22-24H2,1-3H3/t33-/m0/s1. The molecule has 0 amide bonds. The van der Waals surface area contributed by atoms with Crippen LogP contribution in [0, 0.1) is 13.8 Å². The Morgan fingerprint density at radius 1 is 0.886 bits per heavy atom. The number of carbonyl (C=O) groups is 1. The van der Waals surface area contributed by atoms with Crippen molar-refractivity contribution in [1.29, 1.82) is 0 Å². The number of sulfone groups is 1. The zero-order chi connectivity index (χ0) is 31.7. The first-order valence-electron chi connectivity index (χ1n) is 14.5. The van der Waals surface area contributed by atoms with E-state index in [1.54, 1.807) is 57.2 Å². The molecule has 0 aliphatic rings. The van der Waals surface area contributed by atoms with E-state index in [9.17, 15) is 18.3 Å². The molecular formula is C35H38ClNO6S. The Kier molecular flexibility index (Phi) is 11.6. The van der Waals surface area contributed by atoms with Gasteiger partial charge in [0.15, 0.2) is 6.61 Å². The summed E-state index contributed by atoms with van der Waals surface area (Å²) in [6, 6.07) is 27.4. The van der Waals surface area contributed by atoms with Crippen molar-refractivity contribution in [2.45, 2.75) is 49.6 Å². The largest absolute Gasteiger partial charge is 0.481 e. The van der Waals surface area contributed by atoms with Crippen LogP contribution in [0.5, 0.6) is 5.75 Å². The van der Waals surface area contributed by atoms with Gasteiger partial charge in [0.25, 0.3) is 0 Å². The number of carbonyl (C=O) groups excluding carboxylic acids is 1. The van der Waals surface area contributed by atoms with Crippen LogP contribution in [0.3, 0.4) is 0 Å². The van der Waals surface area contributed by atoms with E-state index < -0.39 is 21.9 Å². The van der Waals surface area contributed by atoms with E-state index in [0.29, 0.717) is 48.0 Å². The maximum absolute atomic E-state index is 13.5. The minimum absolute atomic E-state index is 0.160. The Labute approximate surface area is 264 Å². The number of hydrogen-bond acceptors (Lipinski definition) is 7. The van der Waals surface area contributed by atoms with Crippen LogP contribution in [0.1, 0.15) is 40.8 Å². The van der Waals surface area contributed by atoms with Crippen molar-refractivity contribution in [3.05, 3.63) is 124 Å². The molecule has 4 rings (SSSR count). The van der Waals surface area contributed by atoms with Crippen molar-refractivity contribution >= 4 is 27.4 Å². The fraction of sp³-hybridized carbons (Fsp3) is 0.286. The highest BCUT2D eigenvalue weighted by molar-refractivity contribution is 7.91. The van der Waals surface area contributed by atoms with E-state index in [4.69, 9.17) is 21.1 Å². The van der Waals surface area contributed by atoms with Crippen LogP contribution in [0.2, 0.25) is 5.02 Å². The second-order valence-electron chi connectivity index (χ2n) is 10.7. The predicted octanol–water partition coefficient (Wildman–Crippen LogP) is 6.51. The molecule has 0 spiro atoms. The number of nitrogens with zero attached hydrogens (tertiary/aromatic N) is 1. The van der Waals surface area contributed by atoms with Crippen LogP contribution >= 0.6 is 11.6 Å². The van der Waals surface area contributed by atoms with Crippen molar-refractivity contribution < 1.29 is 27.8 Å². The molecule has 0 saturated heterocycles. The lowest BCUT2D eigenvalue weighted by molar-refractivity contribution is -0.145. The van der Waals surface area contributed by atoms with Gasteiger partial charge in [-0.2, -0.15) is 0 Å². The van der Waals surface area contributed by atoms with E-state index in [-0.39, 0.29) is 23.0 Å². The lowest BCUT2D eigenvalue weighted by Gasteiger charge is -2.25. The number of aliphatic hydroxyl groups is 1. The number of aryl methyl sites for hydroxylation is 2. The normalized spacial score (nSPS) is 12.2. The Hall–Kier alpha value is -3.69. The van der Waals surface area contributed by atoms with Crippen molar-refractivity contribution in [3.63, 3.8) is 0 Å². The Morgan fingerprint density at radius 2 is 1.57 bits per heavy atom. The maximum Gasteiger partial charge on any atom is 0.344 e. The lowest BCUT2D eigenvalue weighted by atomic mass is 10.1. The smallest absolute Gasteiger partial charge is 0.344 e. The number of hydrogen-bond donors (Lipinski definition) is 1. The average molecular weight is 636 g/mol. The first kappa shape index (κ1) is 33.2. The van der Waals surface area contributed by atoms with Gasteiger partial charge in [-0.1, -0.05) is 66.2 Å². The molecule has 7 nitrogen and oxygen atoms in total. The zero-order valence-electron chi connectivity index (χ0n) is 25.2. The van der Waals surface area contributed by atoms with E-state index in [1.165, 1.54) is 0 Å². The third-order valence-electron chi connectivity index (χ3n) is 7.25. The van der Waals surface area contributed by atoms with Gasteiger partial charge in [-0.3, -0.25) is 4.90 Å². The summed E-state index contributed by atoms with van der Waals surface area (Å²) >= 11 is 6.15. The number of aliphatic hydroxyl groups excluding tert-OH is 1. The molecule has 0 aromatic heterocycles. The van der Waals surface area contributed by atoms with E-state index in [1.807, 2.05) is 42.5 Å². The molecule has 0 aliphatic heterocycles. The van der Waals surface area contributed by atoms with Gasteiger partial charge in [-0.25, -0.2) is 13.2 Å². The number of benzene rings is 4. The Balaban J connectivity index is 1.45. The third kappa shape index (κ3) is 8.92. The summed E-state index contributed by atoms with van der Waals surface area (Å²) in [5.41, 5.74) is 4.10. The summed E-state index contributed by atoms with van der Waals surface area (Å²) in [6.45, 7) is 6.96. The molecular weight excluding hydrogens is 598 g/mol. The average Bonchev–Trinajstić information content (AvgIpc) is 3.00. The molecule has 0 radical (unpaired) electrons. The monoisotopic (exact) mass is 635 g/mol. The lowest BCUT2D eigenvalue weighted by Crippen LogP contribution is -2.30. The Morgan fingerprint density at radius 3 is 2.20 bits per heavy atom. The molecule has 0 fully saturated rings. The molecule has 44 heavy (non-hydrogen) atoms. The number of rotatable bonds is 14. The molecule has 0 aliphatic carbocycles. The predicted molar refractivity (Wildman–Crippen MR) is 172 cm³/mol. The maximum atomic E-state index is 13.5. The minimum Gasteiger partial charge on any atom is -0.481 e. The van der Waals surface area contributed by atoms with Gasteiger partial charge in [0.2, 0.25) is 9.84 Å². The van der Waals surface area contributed by atoms with Crippen molar-refractivity contribution in [3.8, 4) is 5.75 Å². The van der Waals surface area contributed by atoms with Crippen molar-refractivity contribution in [2.24, 2.45) is 0 Å². The van der Waals surface area contributed by atoms with Gasteiger partial charge in [-0.15, -0.1) is 0 Å². The summed E-state index contributed by atoms with van der Waals surface area (Å²) in [5.74, 6) is -0.0172. The van der Waals surface area contributed by atoms with Crippen molar-refractivity contribution in [2.75, 3.05) is 26.3 Å². The molecule has 1 N–H and O–H groups in total. The molecule has 9 heteroatoms. The molecule has 232 valence electrons. The van der Waals surface area contributed by atoms with Crippen LogP contribution < -0.4 is 4.74 Å². The summed E-state index contributed by atoms with van der Waals surface area (Å²) in [5, 5.41) is 11.5. The van der Waals surface area contributed by atoms with E-state index in [0.717, 1.165) is 16.7 Å². The van der Waals surface area contributed by atoms with Crippen LogP contribution in [-0.4, -0.2) is 50.7 Å². The van der Waals surface area contributed by atoms with Crippen LogP contribution in [-0.2, 0) is 32.3 Å². The quantitative estimate of drug-likeness (QED) is 0.158. The van der Waals surface area contributed by atoms with E-state index >= 15 is 0 Å². The fourth-order valence-corrected chi connectivity index (χ4v) is 6.66. The summed E-state index contributed by atoms with van der Waals surface area (Å²) < 4.78 is 37.5. The molecule has 0 heterocycles. The highest BCUT2D eigenvalue weighted by atomic mass is 35.5. The number of ether oxygens (including phenoxy) is 2. The molecule has 1 atom stereocenters. The zero-order valence-corrected chi connectivity index (χ0v) is 26.8. The van der Waals surface area contributed by atoms with Gasteiger partial charge in [0.05, 0.1) is 22.5 Å². The first-order valence-corrected chi connectivity index (χ1v) is 16.4. The number of halogens is 1. The van der Waals surface area contributed by atoms with Gasteiger partial charge < -0.3 is 14.6 Å². The summed E-state index contributed by atoms with van der Waals surface area (Å²) in [6.07, 6.45) is -0.0426. The topological polar surface area (TPSA) is 93.1 Å². The van der Waals surface area contributed by atoms with Gasteiger partial charge in [-0.05, 0) is 91.4 Å². The molecule has 4 aromatic rings. The summed E-state index contributed by atoms with van der Waals surface area (Å²) in [4.78, 5) is 14.2. The highest BCUT2D eigenvalue weighted by Crippen LogP contribution is 2.30. The first-order chi connectivity index (χ1) is 21.1. The molecule has 0 unspecified atom stereocenters.